The Morgan fingerprint density at radius 1 is 1.52 bits per heavy atom. The van der Waals surface area contributed by atoms with Crippen LogP contribution in [0, 0.1) is 0 Å². The summed E-state index contributed by atoms with van der Waals surface area (Å²) in [4.78, 5) is 24.1. The number of ether oxygens (including phenoxy) is 1. The zero-order chi connectivity index (χ0) is 15.4. The van der Waals surface area contributed by atoms with E-state index in [4.69, 9.17) is 16.3 Å². The number of aliphatic hydroxyl groups is 1. The third-order valence-electron chi connectivity index (χ3n) is 3.22. The van der Waals surface area contributed by atoms with Crippen LogP contribution in [0.3, 0.4) is 0 Å². The van der Waals surface area contributed by atoms with Crippen LogP contribution in [0.5, 0.6) is 5.75 Å². The second-order valence-corrected chi connectivity index (χ2v) is 5.31. The maximum absolute atomic E-state index is 11.7. The standard InChI is InChI=1S/C14H17ClN2O4/c1-17-13(19)6-12(14(17)20)16-7-10(18)8-21-11-4-2-3-9(15)5-11/h2-5,10,12,16,18H,6-8H2,1H3. The van der Waals surface area contributed by atoms with Crippen molar-refractivity contribution in [3.05, 3.63) is 29.3 Å². The third-order valence-corrected chi connectivity index (χ3v) is 3.45. The van der Waals surface area contributed by atoms with Crippen LogP contribution in [0.1, 0.15) is 6.42 Å². The summed E-state index contributed by atoms with van der Waals surface area (Å²) in [6, 6.07) is 6.30. The van der Waals surface area contributed by atoms with Gasteiger partial charge in [-0.05, 0) is 18.2 Å². The molecular weight excluding hydrogens is 296 g/mol. The molecule has 0 saturated carbocycles. The summed E-state index contributed by atoms with van der Waals surface area (Å²) in [5, 5.41) is 13.3. The average Bonchev–Trinajstić information content (AvgIpc) is 2.70. The highest BCUT2D eigenvalue weighted by Gasteiger charge is 2.35. The Kier molecular flexibility index (Phi) is 5.17. The summed E-state index contributed by atoms with van der Waals surface area (Å²) < 4.78 is 5.40. The highest BCUT2D eigenvalue weighted by Crippen LogP contribution is 2.17. The van der Waals surface area contributed by atoms with Crippen LogP contribution in [0.15, 0.2) is 24.3 Å². The van der Waals surface area contributed by atoms with E-state index in [1.165, 1.54) is 7.05 Å². The first-order valence-corrected chi connectivity index (χ1v) is 6.95. The van der Waals surface area contributed by atoms with E-state index in [2.05, 4.69) is 5.32 Å². The van der Waals surface area contributed by atoms with Gasteiger partial charge in [0.2, 0.25) is 11.8 Å². The fourth-order valence-electron chi connectivity index (χ4n) is 2.00. The Labute approximate surface area is 127 Å². The average molecular weight is 313 g/mol. The van der Waals surface area contributed by atoms with Crippen LogP contribution < -0.4 is 10.1 Å². The zero-order valence-electron chi connectivity index (χ0n) is 11.6. The third kappa shape index (κ3) is 4.17. The number of hydrogen-bond acceptors (Lipinski definition) is 5. The monoisotopic (exact) mass is 312 g/mol. The highest BCUT2D eigenvalue weighted by molar-refractivity contribution is 6.30. The Morgan fingerprint density at radius 2 is 2.29 bits per heavy atom. The van der Waals surface area contributed by atoms with Crippen LogP contribution in [0.2, 0.25) is 5.02 Å². The summed E-state index contributed by atoms with van der Waals surface area (Å²) >= 11 is 5.82. The number of nitrogens with zero attached hydrogens (tertiary/aromatic N) is 1. The molecule has 0 bridgehead atoms. The molecule has 114 valence electrons. The molecule has 0 radical (unpaired) electrons. The number of carbonyl (C=O) groups is 2. The molecule has 2 unspecified atom stereocenters. The van der Waals surface area contributed by atoms with Crippen LogP contribution in [-0.2, 0) is 9.59 Å². The summed E-state index contributed by atoms with van der Waals surface area (Å²) in [5.41, 5.74) is 0. The molecule has 6 nitrogen and oxygen atoms in total. The number of likely N-dealkylation sites (N-methyl/N-ethyl adjacent to an activating group) is 1. The molecule has 2 rings (SSSR count). The molecular formula is C14H17ClN2O4. The molecule has 0 spiro atoms. The largest absolute Gasteiger partial charge is 0.491 e. The predicted octanol–water partition coefficient (Wildman–Crippen LogP) is 0.427. The Hall–Kier alpha value is -1.63. The first-order valence-electron chi connectivity index (χ1n) is 6.57. The Morgan fingerprint density at radius 3 is 2.90 bits per heavy atom. The van der Waals surface area contributed by atoms with E-state index in [9.17, 15) is 14.7 Å². The molecule has 2 atom stereocenters. The lowest BCUT2D eigenvalue weighted by molar-refractivity contribution is -0.137. The van der Waals surface area contributed by atoms with E-state index in [0.717, 1.165) is 4.90 Å². The maximum Gasteiger partial charge on any atom is 0.246 e. The molecule has 2 N–H and O–H groups in total. The summed E-state index contributed by atoms with van der Waals surface area (Å²) in [5.74, 6) is 0.0681. The van der Waals surface area contributed by atoms with E-state index in [1.807, 2.05) is 0 Å². The number of imide groups is 1. The number of benzene rings is 1. The van der Waals surface area contributed by atoms with Crippen molar-refractivity contribution in [2.24, 2.45) is 0 Å². The van der Waals surface area contributed by atoms with Crippen molar-refractivity contribution in [2.75, 3.05) is 20.2 Å². The number of carbonyl (C=O) groups excluding carboxylic acids is 2. The van der Waals surface area contributed by atoms with Crippen LogP contribution in [0.4, 0.5) is 0 Å². The van der Waals surface area contributed by atoms with Gasteiger partial charge < -0.3 is 15.2 Å². The SMILES string of the molecule is CN1C(=O)CC(NCC(O)COc2cccc(Cl)c2)C1=O. The van der Waals surface area contributed by atoms with E-state index >= 15 is 0 Å². The number of halogens is 1. The van der Waals surface area contributed by atoms with Crippen molar-refractivity contribution in [3.63, 3.8) is 0 Å². The molecule has 21 heavy (non-hydrogen) atoms. The van der Waals surface area contributed by atoms with Gasteiger partial charge in [0, 0.05) is 18.6 Å². The topological polar surface area (TPSA) is 78.9 Å². The molecule has 2 amide bonds. The van der Waals surface area contributed by atoms with E-state index in [-0.39, 0.29) is 31.4 Å². The number of aliphatic hydroxyl groups excluding tert-OH is 1. The van der Waals surface area contributed by atoms with Gasteiger partial charge in [0.1, 0.15) is 18.5 Å². The number of rotatable bonds is 6. The van der Waals surface area contributed by atoms with Crippen molar-refractivity contribution < 1.29 is 19.4 Å². The first kappa shape index (κ1) is 15.8. The van der Waals surface area contributed by atoms with Gasteiger partial charge in [-0.3, -0.25) is 14.5 Å². The second kappa shape index (κ2) is 6.89. The first-order chi connectivity index (χ1) is 9.97. The molecule has 1 aliphatic heterocycles. The van der Waals surface area contributed by atoms with Gasteiger partial charge in [-0.2, -0.15) is 0 Å². The molecule has 1 aromatic rings. The summed E-state index contributed by atoms with van der Waals surface area (Å²) in [6.45, 7) is 0.232. The Bertz CT molecular complexity index is 537. The second-order valence-electron chi connectivity index (χ2n) is 4.88. The minimum atomic E-state index is -0.794. The zero-order valence-corrected chi connectivity index (χ0v) is 12.3. The van der Waals surface area contributed by atoms with E-state index < -0.39 is 12.1 Å². The smallest absolute Gasteiger partial charge is 0.246 e. The highest BCUT2D eigenvalue weighted by atomic mass is 35.5. The molecule has 0 aromatic heterocycles. The predicted molar refractivity (Wildman–Crippen MR) is 77.1 cm³/mol. The van der Waals surface area contributed by atoms with Gasteiger partial charge in [0.05, 0.1) is 12.5 Å². The normalized spacial score (nSPS) is 20.0. The molecule has 1 saturated heterocycles. The van der Waals surface area contributed by atoms with Gasteiger partial charge in [-0.15, -0.1) is 0 Å². The van der Waals surface area contributed by atoms with Crippen LogP contribution in [-0.4, -0.2) is 54.2 Å². The molecule has 1 aromatic carbocycles. The van der Waals surface area contributed by atoms with Gasteiger partial charge in [0.25, 0.3) is 0 Å². The summed E-state index contributed by atoms with van der Waals surface area (Å²) in [7, 11) is 1.45. The Balaban J connectivity index is 1.74. The quantitative estimate of drug-likeness (QED) is 0.745. The lowest BCUT2D eigenvalue weighted by Gasteiger charge is -2.16. The molecule has 0 aliphatic carbocycles. The fraction of sp³-hybridized carbons (Fsp3) is 0.429. The number of likely N-dealkylation sites (tertiary alicyclic amines) is 1. The van der Waals surface area contributed by atoms with Crippen molar-refractivity contribution >= 4 is 23.4 Å². The molecule has 1 heterocycles. The van der Waals surface area contributed by atoms with E-state index in [0.29, 0.717) is 10.8 Å². The van der Waals surface area contributed by atoms with E-state index in [1.54, 1.807) is 24.3 Å². The van der Waals surface area contributed by atoms with Crippen molar-refractivity contribution in [1.29, 1.82) is 0 Å². The number of amides is 2. The number of hydrogen-bond donors (Lipinski definition) is 2. The lowest BCUT2D eigenvalue weighted by atomic mass is 10.2. The van der Waals surface area contributed by atoms with Crippen molar-refractivity contribution in [1.82, 2.24) is 10.2 Å². The molecule has 7 heteroatoms. The van der Waals surface area contributed by atoms with Crippen LogP contribution in [0.25, 0.3) is 0 Å². The van der Waals surface area contributed by atoms with Gasteiger partial charge >= 0.3 is 0 Å². The maximum atomic E-state index is 11.7. The summed E-state index contributed by atoms with van der Waals surface area (Å²) in [6.07, 6.45) is -0.671. The van der Waals surface area contributed by atoms with Crippen molar-refractivity contribution in [2.45, 2.75) is 18.6 Å². The van der Waals surface area contributed by atoms with Crippen LogP contribution >= 0.6 is 11.6 Å². The minimum Gasteiger partial charge on any atom is -0.491 e. The van der Waals surface area contributed by atoms with Gasteiger partial charge in [-0.1, -0.05) is 17.7 Å². The molecule has 1 aliphatic rings. The van der Waals surface area contributed by atoms with Gasteiger partial charge in [0.15, 0.2) is 0 Å². The van der Waals surface area contributed by atoms with Crippen molar-refractivity contribution in [3.8, 4) is 5.75 Å². The molecule has 1 fully saturated rings. The van der Waals surface area contributed by atoms with Gasteiger partial charge in [-0.25, -0.2) is 0 Å². The number of nitrogens with one attached hydrogen (secondary N) is 1. The fourth-order valence-corrected chi connectivity index (χ4v) is 2.18. The minimum absolute atomic E-state index is 0.0675. The lowest BCUT2D eigenvalue weighted by Crippen LogP contribution is -2.42.